The first kappa shape index (κ1) is 14.6. The van der Waals surface area contributed by atoms with Gasteiger partial charge in [0.05, 0.1) is 4.90 Å². The molecule has 2 rings (SSSR count). The van der Waals surface area contributed by atoms with Gasteiger partial charge in [0.15, 0.2) is 5.82 Å². The molecule has 0 saturated heterocycles. The van der Waals surface area contributed by atoms with Crippen molar-refractivity contribution in [3.8, 4) is 0 Å². The highest BCUT2D eigenvalue weighted by Gasteiger charge is 2.14. The molecule has 0 radical (unpaired) electrons. The molecule has 0 unspecified atom stereocenters. The average Bonchev–Trinajstić information content (AvgIpc) is 2.92. The van der Waals surface area contributed by atoms with Crippen molar-refractivity contribution in [1.29, 1.82) is 0 Å². The van der Waals surface area contributed by atoms with Crippen LogP contribution in [0.3, 0.4) is 0 Å². The number of hydrogen-bond acceptors (Lipinski definition) is 6. The van der Waals surface area contributed by atoms with Crippen LogP contribution in [0.5, 0.6) is 0 Å². The van der Waals surface area contributed by atoms with Gasteiger partial charge in [-0.1, -0.05) is 29.5 Å². The van der Waals surface area contributed by atoms with Gasteiger partial charge in [-0.2, -0.15) is 4.98 Å². The largest absolute Gasteiger partial charge is 0.389 e. The predicted octanol–water partition coefficient (Wildman–Crippen LogP) is 0.225. The molecule has 106 valence electrons. The maximum absolute atomic E-state index is 12.1. The highest BCUT2D eigenvalue weighted by Crippen LogP contribution is 2.11. The second-order valence-corrected chi connectivity index (χ2v) is 6.09. The van der Waals surface area contributed by atoms with E-state index in [9.17, 15) is 8.42 Å². The molecule has 2 aromatic rings. The minimum absolute atomic E-state index is 0.107. The average molecular weight is 312 g/mol. The van der Waals surface area contributed by atoms with Crippen molar-refractivity contribution in [2.75, 3.05) is 6.54 Å². The molecule has 0 bridgehead atoms. The van der Waals surface area contributed by atoms with E-state index in [1.807, 2.05) is 0 Å². The van der Waals surface area contributed by atoms with Crippen LogP contribution in [0.2, 0.25) is 0 Å². The Balaban J connectivity index is 2.06. The van der Waals surface area contributed by atoms with Crippen LogP contribution >= 0.6 is 12.2 Å². The van der Waals surface area contributed by atoms with Gasteiger partial charge in [0, 0.05) is 18.5 Å². The molecule has 7 nitrogen and oxygen atoms in total. The highest BCUT2D eigenvalue weighted by molar-refractivity contribution is 7.89. The van der Waals surface area contributed by atoms with E-state index in [2.05, 4.69) is 19.4 Å². The fraction of sp³-hybridized carbons (Fsp3) is 0.182. The van der Waals surface area contributed by atoms with E-state index < -0.39 is 10.0 Å². The third-order valence-corrected chi connectivity index (χ3v) is 4.17. The normalized spacial score (nSPS) is 11.4. The van der Waals surface area contributed by atoms with E-state index in [-0.39, 0.29) is 16.4 Å². The zero-order chi connectivity index (χ0) is 14.6. The van der Waals surface area contributed by atoms with Crippen molar-refractivity contribution in [2.24, 2.45) is 5.73 Å². The van der Waals surface area contributed by atoms with Gasteiger partial charge >= 0.3 is 0 Å². The predicted molar refractivity (Wildman–Crippen MR) is 75.5 cm³/mol. The molecule has 1 heterocycles. The maximum atomic E-state index is 12.1. The maximum Gasteiger partial charge on any atom is 0.240 e. The van der Waals surface area contributed by atoms with Crippen molar-refractivity contribution < 1.29 is 12.9 Å². The second kappa shape index (κ2) is 6.07. The fourth-order valence-corrected chi connectivity index (χ4v) is 2.70. The Kier molecular flexibility index (Phi) is 4.42. The van der Waals surface area contributed by atoms with Gasteiger partial charge in [-0.05, 0) is 12.1 Å². The summed E-state index contributed by atoms with van der Waals surface area (Å²) >= 11 is 4.82. The molecule has 9 heteroatoms. The molecule has 1 aromatic heterocycles. The van der Waals surface area contributed by atoms with Gasteiger partial charge < -0.3 is 10.3 Å². The Morgan fingerprint density at radius 2 is 2.25 bits per heavy atom. The summed E-state index contributed by atoms with van der Waals surface area (Å²) in [5.41, 5.74) is 5.98. The van der Waals surface area contributed by atoms with Crippen LogP contribution in [0.15, 0.2) is 40.1 Å². The number of nitrogens with one attached hydrogen (secondary N) is 1. The molecule has 0 aliphatic carbocycles. The van der Waals surface area contributed by atoms with E-state index in [4.69, 9.17) is 18.0 Å². The first-order chi connectivity index (χ1) is 9.49. The summed E-state index contributed by atoms with van der Waals surface area (Å²) < 4.78 is 31.2. The standard InChI is InChI=1S/C11H12N4O3S2/c12-11(19)8-2-1-3-9(6-8)20(16,17)14-5-4-10-13-7-18-15-10/h1-3,6-7,14H,4-5H2,(H2,12,19). The zero-order valence-electron chi connectivity index (χ0n) is 10.3. The first-order valence-electron chi connectivity index (χ1n) is 5.64. The summed E-state index contributed by atoms with van der Waals surface area (Å²) in [6.45, 7) is 0.166. The molecule has 0 aliphatic heterocycles. The Morgan fingerprint density at radius 1 is 1.45 bits per heavy atom. The van der Waals surface area contributed by atoms with Gasteiger partial charge in [-0.15, -0.1) is 0 Å². The molecule has 0 atom stereocenters. The Morgan fingerprint density at radius 3 is 2.90 bits per heavy atom. The summed E-state index contributed by atoms with van der Waals surface area (Å²) in [5, 5.41) is 3.59. The van der Waals surface area contributed by atoms with E-state index in [1.54, 1.807) is 12.1 Å². The van der Waals surface area contributed by atoms with E-state index in [1.165, 1.54) is 18.5 Å². The molecule has 0 aliphatic rings. The van der Waals surface area contributed by atoms with Crippen molar-refractivity contribution >= 4 is 27.2 Å². The summed E-state index contributed by atoms with van der Waals surface area (Å²) in [7, 11) is -3.62. The number of hydrogen-bond donors (Lipinski definition) is 2. The first-order valence-corrected chi connectivity index (χ1v) is 7.53. The van der Waals surface area contributed by atoms with Gasteiger partial charge in [-0.3, -0.25) is 0 Å². The van der Waals surface area contributed by atoms with Crippen LogP contribution < -0.4 is 10.5 Å². The summed E-state index contributed by atoms with van der Waals surface area (Å²) in [6, 6.07) is 6.14. The van der Waals surface area contributed by atoms with Crippen LogP contribution in [0.4, 0.5) is 0 Å². The van der Waals surface area contributed by atoms with E-state index in [0.717, 1.165) is 0 Å². The van der Waals surface area contributed by atoms with E-state index >= 15 is 0 Å². The highest BCUT2D eigenvalue weighted by atomic mass is 32.2. The molecule has 0 amide bonds. The fourth-order valence-electron chi connectivity index (χ4n) is 1.50. The number of aromatic nitrogens is 2. The van der Waals surface area contributed by atoms with Gasteiger partial charge in [0.25, 0.3) is 0 Å². The molecule has 1 aromatic carbocycles. The van der Waals surface area contributed by atoms with Crippen molar-refractivity contribution in [2.45, 2.75) is 11.3 Å². The summed E-state index contributed by atoms with van der Waals surface area (Å²) in [6.07, 6.45) is 1.53. The van der Waals surface area contributed by atoms with Crippen LogP contribution in [-0.4, -0.2) is 30.1 Å². The molecular formula is C11H12N4O3S2. The molecule has 3 N–H and O–H groups in total. The van der Waals surface area contributed by atoms with Crippen molar-refractivity contribution in [3.63, 3.8) is 0 Å². The van der Waals surface area contributed by atoms with Gasteiger partial charge in [0.1, 0.15) is 4.99 Å². The van der Waals surface area contributed by atoms with Gasteiger partial charge in [0.2, 0.25) is 16.4 Å². The lowest BCUT2D eigenvalue weighted by atomic mass is 10.2. The van der Waals surface area contributed by atoms with Crippen molar-refractivity contribution in [1.82, 2.24) is 14.9 Å². The molecule has 20 heavy (non-hydrogen) atoms. The monoisotopic (exact) mass is 312 g/mol. The number of sulfonamides is 1. The van der Waals surface area contributed by atoms with Crippen LogP contribution in [-0.2, 0) is 16.4 Å². The van der Waals surface area contributed by atoms with Gasteiger partial charge in [-0.25, -0.2) is 13.1 Å². The summed E-state index contributed by atoms with van der Waals surface area (Å²) in [4.78, 5) is 4.05. The number of rotatable bonds is 6. The Labute approximate surface area is 121 Å². The third-order valence-electron chi connectivity index (χ3n) is 2.48. The van der Waals surface area contributed by atoms with Crippen molar-refractivity contribution in [3.05, 3.63) is 42.0 Å². The number of thiocarbonyl (C=S) groups is 1. The lowest BCUT2D eigenvalue weighted by molar-refractivity contribution is 0.410. The number of nitrogens with zero attached hydrogens (tertiary/aromatic N) is 2. The number of benzene rings is 1. The Hall–Kier alpha value is -1.84. The third kappa shape index (κ3) is 3.59. The molecule has 0 spiro atoms. The molecular weight excluding hydrogens is 300 g/mol. The van der Waals surface area contributed by atoms with Crippen LogP contribution in [0, 0.1) is 0 Å². The Bertz CT molecular complexity index is 698. The molecule has 0 saturated carbocycles. The minimum atomic E-state index is -3.62. The topological polar surface area (TPSA) is 111 Å². The smallest absolute Gasteiger partial charge is 0.240 e. The van der Waals surface area contributed by atoms with Crippen LogP contribution in [0.1, 0.15) is 11.4 Å². The van der Waals surface area contributed by atoms with Crippen LogP contribution in [0.25, 0.3) is 0 Å². The zero-order valence-corrected chi connectivity index (χ0v) is 11.9. The lowest BCUT2D eigenvalue weighted by Crippen LogP contribution is -2.26. The summed E-state index contributed by atoms with van der Waals surface area (Å²) in [5.74, 6) is 0.435. The minimum Gasteiger partial charge on any atom is -0.389 e. The van der Waals surface area contributed by atoms with E-state index in [0.29, 0.717) is 17.8 Å². The quantitative estimate of drug-likeness (QED) is 0.734. The SMILES string of the molecule is NC(=S)c1cccc(S(=O)(=O)NCCc2ncon2)c1. The second-order valence-electron chi connectivity index (χ2n) is 3.89. The number of nitrogens with two attached hydrogens (primary N) is 1. The molecule has 0 fully saturated rings. The lowest BCUT2D eigenvalue weighted by Gasteiger charge is -2.07.